The minimum Gasteiger partial charge on any atom is -0.376 e. The lowest BCUT2D eigenvalue weighted by Crippen LogP contribution is -2.44. The molecule has 0 aliphatic carbocycles. The Morgan fingerprint density at radius 2 is 2.58 bits per heavy atom. The number of hydrogen-bond donors (Lipinski definition) is 2. The van der Waals surface area contributed by atoms with Crippen LogP contribution in [0.2, 0.25) is 0 Å². The van der Waals surface area contributed by atoms with Crippen molar-refractivity contribution in [3.8, 4) is 0 Å². The normalized spacial score (nSPS) is 34.6. The molecule has 0 radical (unpaired) electrons. The van der Waals surface area contributed by atoms with Crippen LogP contribution in [0.15, 0.2) is 4.99 Å². The first-order chi connectivity index (χ1) is 5.86. The van der Waals surface area contributed by atoms with Gasteiger partial charge in [-0.25, -0.2) is 0 Å². The molecule has 0 bridgehead atoms. The molecule has 0 aromatic rings. The fourth-order valence-electron chi connectivity index (χ4n) is 1.59. The number of ether oxygens (including phenoxy) is 1. The fraction of sp³-hybridized carbons (Fsp3) is 0.875. The molecule has 0 aromatic heterocycles. The Labute approximate surface area is 72.4 Å². The van der Waals surface area contributed by atoms with Crippen LogP contribution < -0.4 is 10.6 Å². The highest BCUT2D eigenvalue weighted by Crippen LogP contribution is 2.12. The van der Waals surface area contributed by atoms with Crippen LogP contribution in [0.3, 0.4) is 0 Å². The number of hydrogen-bond acceptors (Lipinski definition) is 4. The van der Waals surface area contributed by atoms with Crippen LogP contribution in [-0.2, 0) is 4.74 Å². The third-order valence-electron chi connectivity index (χ3n) is 2.37. The van der Waals surface area contributed by atoms with Crippen LogP contribution in [-0.4, -0.2) is 37.8 Å². The molecule has 2 atom stereocenters. The molecule has 4 nitrogen and oxygen atoms in total. The predicted octanol–water partition coefficient (Wildman–Crippen LogP) is -0.287. The van der Waals surface area contributed by atoms with Gasteiger partial charge in [-0.3, -0.25) is 4.99 Å². The summed E-state index contributed by atoms with van der Waals surface area (Å²) in [6.45, 7) is 4.82. The SMILES string of the molecule is CC1OCCC1NC1=NCCN1. The van der Waals surface area contributed by atoms with E-state index in [9.17, 15) is 0 Å². The number of rotatable bonds is 1. The highest BCUT2D eigenvalue weighted by atomic mass is 16.5. The van der Waals surface area contributed by atoms with Crippen molar-refractivity contribution in [3.05, 3.63) is 0 Å². The van der Waals surface area contributed by atoms with E-state index in [4.69, 9.17) is 4.74 Å². The first kappa shape index (κ1) is 7.86. The van der Waals surface area contributed by atoms with Crippen LogP contribution in [0.25, 0.3) is 0 Å². The van der Waals surface area contributed by atoms with E-state index in [1.807, 2.05) is 0 Å². The Morgan fingerprint density at radius 1 is 1.67 bits per heavy atom. The van der Waals surface area contributed by atoms with E-state index in [-0.39, 0.29) is 0 Å². The lowest BCUT2D eigenvalue weighted by molar-refractivity contribution is 0.116. The maximum Gasteiger partial charge on any atom is 0.191 e. The van der Waals surface area contributed by atoms with Gasteiger partial charge in [-0.05, 0) is 13.3 Å². The molecular weight excluding hydrogens is 154 g/mol. The van der Waals surface area contributed by atoms with Crippen LogP contribution in [0, 0.1) is 0 Å². The van der Waals surface area contributed by atoms with Gasteiger partial charge in [0.2, 0.25) is 0 Å². The minimum atomic E-state index is 0.315. The summed E-state index contributed by atoms with van der Waals surface area (Å²) in [4.78, 5) is 4.27. The molecule has 2 N–H and O–H groups in total. The summed E-state index contributed by atoms with van der Waals surface area (Å²) in [6.07, 6.45) is 1.40. The Balaban J connectivity index is 1.85. The van der Waals surface area contributed by atoms with Crippen LogP contribution >= 0.6 is 0 Å². The molecule has 1 fully saturated rings. The lowest BCUT2D eigenvalue weighted by Gasteiger charge is -2.16. The van der Waals surface area contributed by atoms with Crippen molar-refractivity contribution >= 4 is 5.96 Å². The summed E-state index contributed by atoms with van der Waals surface area (Å²) in [5.74, 6) is 0.942. The number of aliphatic imine (C=N–C) groups is 1. The third-order valence-corrected chi connectivity index (χ3v) is 2.37. The number of nitrogens with zero attached hydrogens (tertiary/aromatic N) is 1. The summed E-state index contributed by atoms with van der Waals surface area (Å²) < 4.78 is 5.43. The van der Waals surface area contributed by atoms with E-state index in [1.54, 1.807) is 0 Å². The molecule has 0 saturated carbocycles. The number of guanidine groups is 1. The van der Waals surface area contributed by atoms with Crippen molar-refractivity contribution in [2.75, 3.05) is 19.7 Å². The first-order valence-corrected chi connectivity index (χ1v) is 4.53. The van der Waals surface area contributed by atoms with Gasteiger partial charge < -0.3 is 15.4 Å². The smallest absolute Gasteiger partial charge is 0.191 e. The summed E-state index contributed by atoms with van der Waals surface area (Å²) in [5.41, 5.74) is 0. The van der Waals surface area contributed by atoms with E-state index in [1.165, 1.54) is 0 Å². The fourth-order valence-corrected chi connectivity index (χ4v) is 1.59. The summed E-state index contributed by atoms with van der Waals surface area (Å²) in [5, 5.41) is 6.53. The van der Waals surface area contributed by atoms with Gasteiger partial charge in [-0.2, -0.15) is 0 Å². The van der Waals surface area contributed by atoms with Crippen molar-refractivity contribution < 1.29 is 4.74 Å². The predicted molar refractivity (Wildman–Crippen MR) is 47.3 cm³/mol. The van der Waals surface area contributed by atoms with Crippen LogP contribution in [0.5, 0.6) is 0 Å². The van der Waals surface area contributed by atoms with Gasteiger partial charge in [-0.15, -0.1) is 0 Å². The third kappa shape index (κ3) is 1.53. The van der Waals surface area contributed by atoms with Crippen LogP contribution in [0.4, 0.5) is 0 Å². The van der Waals surface area contributed by atoms with Gasteiger partial charge >= 0.3 is 0 Å². The molecule has 2 heterocycles. The van der Waals surface area contributed by atoms with Crippen molar-refractivity contribution in [2.24, 2.45) is 4.99 Å². The van der Waals surface area contributed by atoms with Crippen molar-refractivity contribution in [1.82, 2.24) is 10.6 Å². The van der Waals surface area contributed by atoms with Gasteiger partial charge in [0.1, 0.15) is 0 Å². The minimum absolute atomic E-state index is 0.315. The maximum atomic E-state index is 5.43. The topological polar surface area (TPSA) is 45.6 Å². The maximum absolute atomic E-state index is 5.43. The number of nitrogens with one attached hydrogen (secondary N) is 2. The Hall–Kier alpha value is -0.770. The lowest BCUT2D eigenvalue weighted by atomic mass is 10.2. The zero-order valence-electron chi connectivity index (χ0n) is 7.34. The van der Waals surface area contributed by atoms with Gasteiger partial charge in [0.15, 0.2) is 5.96 Å². The molecule has 68 valence electrons. The van der Waals surface area contributed by atoms with Crippen molar-refractivity contribution in [3.63, 3.8) is 0 Å². The average Bonchev–Trinajstić information content (AvgIpc) is 2.65. The molecule has 0 aromatic carbocycles. The second kappa shape index (κ2) is 3.31. The van der Waals surface area contributed by atoms with Crippen molar-refractivity contribution in [2.45, 2.75) is 25.5 Å². The molecule has 2 rings (SSSR count). The summed E-state index contributed by atoms with van der Waals surface area (Å²) in [7, 11) is 0. The molecule has 2 aliphatic rings. The highest BCUT2D eigenvalue weighted by Gasteiger charge is 2.25. The van der Waals surface area contributed by atoms with E-state index < -0.39 is 0 Å². The summed E-state index contributed by atoms with van der Waals surface area (Å²) >= 11 is 0. The molecular formula is C8H15N3O. The first-order valence-electron chi connectivity index (χ1n) is 4.53. The molecule has 1 saturated heterocycles. The average molecular weight is 169 g/mol. The quantitative estimate of drug-likeness (QED) is 0.567. The Bertz CT molecular complexity index is 193. The zero-order valence-corrected chi connectivity index (χ0v) is 7.34. The zero-order chi connectivity index (χ0) is 8.39. The van der Waals surface area contributed by atoms with E-state index in [0.29, 0.717) is 12.1 Å². The molecule has 0 amide bonds. The monoisotopic (exact) mass is 169 g/mol. The van der Waals surface area contributed by atoms with Gasteiger partial charge in [0.05, 0.1) is 18.7 Å². The molecule has 0 spiro atoms. The standard InChI is InChI=1S/C8H15N3O/c1-6-7(2-5-12-6)11-8-9-3-4-10-8/h6-7H,2-5H2,1H3,(H2,9,10,11). The van der Waals surface area contributed by atoms with E-state index >= 15 is 0 Å². The summed E-state index contributed by atoms with van der Waals surface area (Å²) in [6, 6.07) is 0.439. The Morgan fingerprint density at radius 3 is 3.17 bits per heavy atom. The Kier molecular flexibility index (Phi) is 2.17. The molecule has 2 unspecified atom stereocenters. The molecule has 12 heavy (non-hydrogen) atoms. The van der Waals surface area contributed by atoms with Gasteiger partial charge in [0, 0.05) is 13.2 Å². The second-order valence-corrected chi connectivity index (χ2v) is 3.27. The van der Waals surface area contributed by atoms with E-state index in [2.05, 4.69) is 22.5 Å². The highest BCUT2D eigenvalue weighted by molar-refractivity contribution is 5.81. The van der Waals surface area contributed by atoms with Gasteiger partial charge in [-0.1, -0.05) is 0 Å². The largest absolute Gasteiger partial charge is 0.376 e. The van der Waals surface area contributed by atoms with E-state index in [0.717, 1.165) is 32.1 Å². The van der Waals surface area contributed by atoms with Crippen LogP contribution in [0.1, 0.15) is 13.3 Å². The molecule has 2 aliphatic heterocycles. The van der Waals surface area contributed by atoms with Gasteiger partial charge in [0.25, 0.3) is 0 Å². The second-order valence-electron chi connectivity index (χ2n) is 3.27. The molecule has 4 heteroatoms. The van der Waals surface area contributed by atoms with Crippen molar-refractivity contribution in [1.29, 1.82) is 0 Å².